The number of rotatable bonds is 2. The standard InChI is InChI=1S/C13H20O/c1-6-11-8(3)9(4)13(14)10(5)12(11)7-2/h14H,6-7H2,1-5H3. The summed E-state index contributed by atoms with van der Waals surface area (Å²) in [4.78, 5) is 0. The molecule has 78 valence electrons. The highest BCUT2D eigenvalue weighted by Gasteiger charge is 2.13. The van der Waals surface area contributed by atoms with Crippen molar-refractivity contribution in [1.82, 2.24) is 0 Å². The van der Waals surface area contributed by atoms with E-state index in [-0.39, 0.29) is 0 Å². The van der Waals surface area contributed by atoms with E-state index in [9.17, 15) is 5.11 Å². The molecule has 0 saturated carbocycles. The largest absolute Gasteiger partial charge is 0.507 e. The molecule has 0 unspecified atom stereocenters. The maximum absolute atomic E-state index is 9.92. The summed E-state index contributed by atoms with van der Waals surface area (Å²) in [5.74, 6) is 0.483. The Morgan fingerprint density at radius 1 is 0.786 bits per heavy atom. The SMILES string of the molecule is CCc1c(C)c(C)c(O)c(C)c1CC. The van der Waals surface area contributed by atoms with Crippen molar-refractivity contribution < 1.29 is 5.11 Å². The Balaban J connectivity index is 3.57. The smallest absolute Gasteiger partial charge is 0.121 e. The van der Waals surface area contributed by atoms with E-state index in [4.69, 9.17) is 0 Å². The lowest BCUT2D eigenvalue weighted by atomic mass is 9.89. The van der Waals surface area contributed by atoms with Crippen molar-refractivity contribution in [2.75, 3.05) is 0 Å². The zero-order chi connectivity index (χ0) is 10.9. The van der Waals surface area contributed by atoms with Crippen LogP contribution in [0.25, 0.3) is 0 Å². The van der Waals surface area contributed by atoms with E-state index in [2.05, 4.69) is 20.8 Å². The first-order valence-electron chi connectivity index (χ1n) is 5.34. The molecule has 0 fully saturated rings. The lowest BCUT2D eigenvalue weighted by Gasteiger charge is -2.17. The Morgan fingerprint density at radius 3 is 1.64 bits per heavy atom. The van der Waals surface area contributed by atoms with Crippen molar-refractivity contribution in [3.63, 3.8) is 0 Å². The Labute approximate surface area is 86.8 Å². The van der Waals surface area contributed by atoms with Crippen molar-refractivity contribution in [2.24, 2.45) is 0 Å². The van der Waals surface area contributed by atoms with Gasteiger partial charge in [0.2, 0.25) is 0 Å². The molecule has 0 saturated heterocycles. The van der Waals surface area contributed by atoms with Gasteiger partial charge in [0.25, 0.3) is 0 Å². The van der Waals surface area contributed by atoms with Gasteiger partial charge >= 0.3 is 0 Å². The van der Waals surface area contributed by atoms with Gasteiger partial charge < -0.3 is 5.11 Å². The van der Waals surface area contributed by atoms with Gasteiger partial charge in [-0.25, -0.2) is 0 Å². The van der Waals surface area contributed by atoms with Crippen LogP contribution in [0.1, 0.15) is 41.7 Å². The second-order valence-corrected chi connectivity index (χ2v) is 3.89. The summed E-state index contributed by atoms with van der Waals surface area (Å²) >= 11 is 0. The minimum absolute atomic E-state index is 0.483. The van der Waals surface area contributed by atoms with Crippen molar-refractivity contribution in [3.05, 3.63) is 27.8 Å². The zero-order valence-electron chi connectivity index (χ0n) is 9.86. The van der Waals surface area contributed by atoms with Crippen LogP contribution < -0.4 is 0 Å². The minimum atomic E-state index is 0.483. The fourth-order valence-electron chi connectivity index (χ4n) is 2.24. The number of phenolic OH excluding ortho intramolecular Hbond substituents is 1. The fourth-order valence-corrected chi connectivity index (χ4v) is 2.24. The molecule has 0 aromatic heterocycles. The van der Waals surface area contributed by atoms with Gasteiger partial charge in [0.1, 0.15) is 5.75 Å². The topological polar surface area (TPSA) is 20.2 Å². The maximum Gasteiger partial charge on any atom is 0.121 e. The first-order valence-corrected chi connectivity index (χ1v) is 5.34. The number of hydrogen-bond acceptors (Lipinski definition) is 1. The van der Waals surface area contributed by atoms with Gasteiger partial charge in [0.15, 0.2) is 0 Å². The number of aromatic hydroxyl groups is 1. The van der Waals surface area contributed by atoms with Crippen LogP contribution in [-0.2, 0) is 12.8 Å². The minimum Gasteiger partial charge on any atom is -0.507 e. The van der Waals surface area contributed by atoms with Crippen LogP contribution in [0.15, 0.2) is 0 Å². The van der Waals surface area contributed by atoms with Gasteiger partial charge in [0, 0.05) is 0 Å². The first-order chi connectivity index (χ1) is 6.54. The van der Waals surface area contributed by atoms with E-state index in [1.54, 1.807) is 0 Å². The van der Waals surface area contributed by atoms with Gasteiger partial charge in [-0.15, -0.1) is 0 Å². The average molecular weight is 192 g/mol. The van der Waals surface area contributed by atoms with E-state index < -0.39 is 0 Å². The molecule has 0 aliphatic carbocycles. The van der Waals surface area contributed by atoms with Crippen LogP contribution in [-0.4, -0.2) is 5.11 Å². The van der Waals surface area contributed by atoms with Gasteiger partial charge in [-0.2, -0.15) is 0 Å². The number of hydrogen-bond donors (Lipinski definition) is 1. The summed E-state index contributed by atoms with van der Waals surface area (Å²) in [6, 6.07) is 0. The predicted octanol–water partition coefficient (Wildman–Crippen LogP) is 3.44. The van der Waals surface area contributed by atoms with Crippen molar-refractivity contribution >= 4 is 0 Å². The normalized spacial score (nSPS) is 10.6. The van der Waals surface area contributed by atoms with E-state index in [1.807, 2.05) is 13.8 Å². The fraction of sp³-hybridized carbons (Fsp3) is 0.538. The molecule has 1 nitrogen and oxygen atoms in total. The number of phenols is 1. The van der Waals surface area contributed by atoms with Crippen molar-refractivity contribution in [2.45, 2.75) is 47.5 Å². The lowest BCUT2D eigenvalue weighted by Crippen LogP contribution is -2.01. The molecule has 0 heterocycles. The molecule has 0 aliphatic rings. The molecule has 1 N–H and O–H groups in total. The third kappa shape index (κ3) is 1.52. The molecule has 0 radical (unpaired) electrons. The Morgan fingerprint density at radius 2 is 1.21 bits per heavy atom. The summed E-state index contributed by atoms with van der Waals surface area (Å²) in [5, 5.41) is 9.92. The summed E-state index contributed by atoms with van der Waals surface area (Å²) < 4.78 is 0. The first kappa shape index (κ1) is 11.1. The van der Waals surface area contributed by atoms with Crippen LogP contribution in [0, 0.1) is 20.8 Å². The van der Waals surface area contributed by atoms with Crippen LogP contribution >= 0.6 is 0 Å². The average Bonchev–Trinajstić information content (AvgIpc) is 2.20. The number of benzene rings is 1. The van der Waals surface area contributed by atoms with Crippen LogP contribution in [0.2, 0.25) is 0 Å². The lowest BCUT2D eigenvalue weighted by molar-refractivity contribution is 0.465. The van der Waals surface area contributed by atoms with E-state index in [0.717, 1.165) is 24.0 Å². The summed E-state index contributed by atoms with van der Waals surface area (Å²) in [6.45, 7) is 10.4. The molecule has 0 spiro atoms. The highest BCUT2D eigenvalue weighted by molar-refractivity contribution is 5.53. The summed E-state index contributed by atoms with van der Waals surface area (Å²) in [5.41, 5.74) is 6.10. The second-order valence-electron chi connectivity index (χ2n) is 3.89. The van der Waals surface area contributed by atoms with E-state index in [1.165, 1.54) is 16.7 Å². The van der Waals surface area contributed by atoms with E-state index >= 15 is 0 Å². The molecule has 0 amide bonds. The summed E-state index contributed by atoms with van der Waals surface area (Å²) in [6.07, 6.45) is 2.06. The zero-order valence-corrected chi connectivity index (χ0v) is 9.86. The van der Waals surface area contributed by atoms with Gasteiger partial charge in [-0.05, 0) is 61.4 Å². The van der Waals surface area contributed by atoms with Gasteiger partial charge in [0.05, 0.1) is 0 Å². The molecule has 0 aliphatic heterocycles. The van der Waals surface area contributed by atoms with Gasteiger partial charge in [-0.1, -0.05) is 13.8 Å². The third-order valence-corrected chi connectivity index (χ3v) is 3.25. The van der Waals surface area contributed by atoms with Crippen LogP contribution in [0.4, 0.5) is 0 Å². The molecule has 1 heteroatoms. The highest BCUT2D eigenvalue weighted by atomic mass is 16.3. The Kier molecular flexibility index (Phi) is 3.20. The highest BCUT2D eigenvalue weighted by Crippen LogP contribution is 2.32. The van der Waals surface area contributed by atoms with Crippen molar-refractivity contribution in [1.29, 1.82) is 0 Å². The van der Waals surface area contributed by atoms with Gasteiger partial charge in [-0.3, -0.25) is 0 Å². The van der Waals surface area contributed by atoms with Crippen molar-refractivity contribution in [3.8, 4) is 5.75 Å². The van der Waals surface area contributed by atoms with E-state index in [0.29, 0.717) is 5.75 Å². The maximum atomic E-state index is 9.92. The molecular weight excluding hydrogens is 172 g/mol. The van der Waals surface area contributed by atoms with Crippen LogP contribution in [0.5, 0.6) is 5.75 Å². The Bertz CT molecular complexity index is 316. The molecular formula is C13H20O. The molecule has 14 heavy (non-hydrogen) atoms. The molecule has 1 aromatic carbocycles. The quantitative estimate of drug-likeness (QED) is 0.761. The molecule has 0 bridgehead atoms. The van der Waals surface area contributed by atoms with Crippen LogP contribution in [0.3, 0.4) is 0 Å². The Hall–Kier alpha value is -0.980. The molecule has 0 atom stereocenters. The molecule has 1 rings (SSSR count). The second kappa shape index (κ2) is 4.04. The summed E-state index contributed by atoms with van der Waals surface area (Å²) in [7, 11) is 0. The molecule has 1 aromatic rings. The monoisotopic (exact) mass is 192 g/mol. The predicted molar refractivity (Wildman–Crippen MR) is 61.1 cm³/mol. The third-order valence-electron chi connectivity index (χ3n) is 3.25.